The minimum atomic E-state index is 0.0238. The Morgan fingerprint density at radius 2 is 1.86 bits per heavy atom. The van der Waals surface area contributed by atoms with Crippen molar-refractivity contribution < 1.29 is 4.79 Å². The van der Waals surface area contributed by atoms with Crippen LogP contribution in [0.25, 0.3) is 21.2 Å². The average molecular weight is 280 g/mol. The van der Waals surface area contributed by atoms with Crippen LogP contribution in [0.3, 0.4) is 0 Å². The van der Waals surface area contributed by atoms with E-state index in [-0.39, 0.29) is 11.9 Å². The molecule has 1 heterocycles. The van der Waals surface area contributed by atoms with Gasteiger partial charge in [-0.1, -0.05) is 35.4 Å². The van der Waals surface area contributed by atoms with E-state index in [0.29, 0.717) is 13.1 Å². The molecule has 5 nitrogen and oxygen atoms in total. The van der Waals surface area contributed by atoms with E-state index in [1.807, 2.05) is 47.4 Å². The number of benzene rings is 2. The molecule has 106 valence electrons. The van der Waals surface area contributed by atoms with E-state index < -0.39 is 0 Å². The maximum absolute atomic E-state index is 12.5. The Hall–Kier alpha value is -2.52. The van der Waals surface area contributed by atoms with Crippen molar-refractivity contribution in [3.63, 3.8) is 0 Å². The summed E-state index contributed by atoms with van der Waals surface area (Å²) < 4.78 is 0. The van der Waals surface area contributed by atoms with Crippen molar-refractivity contribution in [3.8, 4) is 0 Å². The maximum Gasteiger partial charge on any atom is 0.253 e. The van der Waals surface area contributed by atoms with Crippen LogP contribution in [0.2, 0.25) is 0 Å². The molecule has 0 radical (unpaired) electrons. The minimum Gasteiger partial charge on any atom is -0.339 e. The third-order valence-corrected chi connectivity index (χ3v) is 3.96. The second kappa shape index (κ2) is 5.85. The number of likely N-dealkylation sites (tertiary alicyclic amines) is 1. The summed E-state index contributed by atoms with van der Waals surface area (Å²) >= 11 is 0. The number of hydrogen-bond donors (Lipinski definition) is 0. The molecule has 0 aromatic heterocycles. The van der Waals surface area contributed by atoms with Crippen LogP contribution >= 0.6 is 0 Å². The summed E-state index contributed by atoms with van der Waals surface area (Å²) in [6, 6.07) is 13.8. The molecule has 2 aromatic rings. The molecule has 5 heteroatoms. The molecular weight excluding hydrogens is 264 g/mol. The summed E-state index contributed by atoms with van der Waals surface area (Å²) in [6.07, 6.45) is 1.48. The van der Waals surface area contributed by atoms with Crippen LogP contribution in [-0.4, -0.2) is 29.9 Å². The summed E-state index contributed by atoms with van der Waals surface area (Å²) in [6.45, 7) is 1.30. The minimum absolute atomic E-state index is 0.0238. The zero-order chi connectivity index (χ0) is 14.7. The highest BCUT2D eigenvalue weighted by Gasteiger charge is 2.22. The summed E-state index contributed by atoms with van der Waals surface area (Å²) in [5, 5.41) is 5.95. The number of hydrogen-bond acceptors (Lipinski definition) is 2. The molecule has 0 spiro atoms. The van der Waals surface area contributed by atoms with E-state index in [1.54, 1.807) is 0 Å². The third kappa shape index (κ3) is 2.83. The fourth-order valence-corrected chi connectivity index (χ4v) is 2.76. The molecule has 0 bridgehead atoms. The Kier molecular flexibility index (Phi) is 3.75. The third-order valence-electron chi connectivity index (χ3n) is 3.96. The Labute approximate surface area is 122 Å². The van der Waals surface area contributed by atoms with E-state index >= 15 is 0 Å². The first-order chi connectivity index (χ1) is 10.3. The van der Waals surface area contributed by atoms with Crippen LogP contribution in [0.15, 0.2) is 47.6 Å². The van der Waals surface area contributed by atoms with E-state index in [2.05, 4.69) is 10.0 Å². The standard InChI is InChI=1S/C16H16N4O/c17-19-18-15-7-9-20(10-8-15)16(21)14-6-5-12-3-1-2-4-13(12)11-14/h1-6,11,15H,7-10H2. The van der Waals surface area contributed by atoms with E-state index in [1.165, 1.54) is 0 Å². The molecule has 0 atom stereocenters. The van der Waals surface area contributed by atoms with Gasteiger partial charge in [0.15, 0.2) is 0 Å². The molecule has 0 N–H and O–H groups in total. The Morgan fingerprint density at radius 3 is 2.57 bits per heavy atom. The lowest BCUT2D eigenvalue weighted by molar-refractivity contribution is 0.0715. The van der Waals surface area contributed by atoms with Crippen molar-refractivity contribution in [2.75, 3.05) is 13.1 Å². The van der Waals surface area contributed by atoms with Gasteiger partial charge < -0.3 is 4.90 Å². The first kappa shape index (κ1) is 13.5. The molecule has 0 saturated carbocycles. The van der Waals surface area contributed by atoms with E-state index in [0.717, 1.165) is 29.2 Å². The predicted molar refractivity (Wildman–Crippen MR) is 82.0 cm³/mol. The van der Waals surface area contributed by atoms with Crippen LogP contribution in [0.5, 0.6) is 0 Å². The van der Waals surface area contributed by atoms with Crippen molar-refractivity contribution in [3.05, 3.63) is 58.5 Å². The Balaban J connectivity index is 1.76. The van der Waals surface area contributed by atoms with Gasteiger partial charge >= 0.3 is 0 Å². The number of amides is 1. The molecule has 3 rings (SSSR count). The van der Waals surface area contributed by atoms with Crippen LogP contribution in [-0.2, 0) is 0 Å². The quantitative estimate of drug-likeness (QED) is 0.469. The van der Waals surface area contributed by atoms with Crippen molar-refractivity contribution in [1.82, 2.24) is 4.90 Å². The van der Waals surface area contributed by atoms with Crippen molar-refractivity contribution in [2.45, 2.75) is 18.9 Å². The van der Waals surface area contributed by atoms with Gasteiger partial charge in [-0.15, -0.1) is 0 Å². The molecule has 1 aliphatic rings. The normalized spacial score (nSPS) is 15.7. The van der Waals surface area contributed by atoms with Crippen LogP contribution < -0.4 is 0 Å². The Morgan fingerprint density at radius 1 is 1.14 bits per heavy atom. The molecule has 1 fully saturated rings. The van der Waals surface area contributed by atoms with Gasteiger partial charge in [-0.3, -0.25) is 4.79 Å². The van der Waals surface area contributed by atoms with Gasteiger partial charge in [-0.05, 0) is 41.3 Å². The lowest BCUT2D eigenvalue weighted by atomic mass is 10.0. The lowest BCUT2D eigenvalue weighted by Gasteiger charge is -2.30. The topological polar surface area (TPSA) is 69.1 Å². The van der Waals surface area contributed by atoms with Crippen molar-refractivity contribution in [2.24, 2.45) is 5.11 Å². The summed E-state index contributed by atoms with van der Waals surface area (Å²) in [5.74, 6) is 0.0557. The highest BCUT2D eigenvalue weighted by atomic mass is 16.2. The SMILES string of the molecule is [N-]=[N+]=NC1CCN(C(=O)c2ccc3ccccc3c2)CC1. The van der Waals surface area contributed by atoms with Crippen LogP contribution in [0.1, 0.15) is 23.2 Å². The van der Waals surface area contributed by atoms with Crippen molar-refractivity contribution in [1.29, 1.82) is 0 Å². The maximum atomic E-state index is 12.5. The van der Waals surface area contributed by atoms with Gasteiger partial charge in [0, 0.05) is 29.6 Å². The van der Waals surface area contributed by atoms with Crippen molar-refractivity contribution >= 4 is 16.7 Å². The van der Waals surface area contributed by atoms with Gasteiger partial charge in [0.2, 0.25) is 0 Å². The van der Waals surface area contributed by atoms with Crippen LogP contribution in [0.4, 0.5) is 0 Å². The first-order valence-electron chi connectivity index (χ1n) is 7.10. The number of carbonyl (C=O) groups excluding carboxylic acids is 1. The molecule has 2 aromatic carbocycles. The van der Waals surface area contributed by atoms with Gasteiger partial charge in [-0.25, -0.2) is 0 Å². The number of carbonyl (C=O) groups is 1. The zero-order valence-electron chi connectivity index (χ0n) is 11.6. The lowest BCUT2D eigenvalue weighted by Crippen LogP contribution is -2.39. The monoisotopic (exact) mass is 280 g/mol. The molecule has 1 saturated heterocycles. The largest absolute Gasteiger partial charge is 0.339 e. The fourth-order valence-electron chi connectivity index (χ4n) is 2.76. The van der Waals surface area contributed by atoms with Gasteiger partial charge in [0.25, 0.3) is 5.91 Å². The highest BCUT2D eigenvalue weighted by Crippen LogP contribution is 2.20. The van der Waals surface area contributed by atoms with Gasteiger partial charge in [0.1, 0.15) is 0 Å². The Bertz CT molecular complexity index is 713. The first-order valence-corrected chi connectivity index (χ1v) is 7.10. The second-order valence-electron chi connectivity index (χ2n) is 5.29. The average Bonchev–Trinajstić information content (AvgIpc) is 2.55. The fraction of sp³-hybridized carbons (Fsp3) is 0.312. The number of azide groups is 1. The number of piperidine rings is 1. The van der Waals surface area contributed by atoms with Gasteiger partial charge in [-0.2, -0.15) is 0 Å². The summed E-state index contributed by atoms with van der Waals surface area (Å²) in [5.41, 5.74) is 9.17. The number of fused-ring (bicyclic) bond motifs is 1. The summed E-state index contributed by atoms with van der Waals surface area (Å²) in [7, 11) is 0. The molecule has 0 unspecified atom stereocenters. The molecule has 1 aliphatic heterocycles. The summed E-state index contributed by atoms with van der Waals surface area (Å²) in [4.78, 5) is 17.2. The van der Waals surface area contributed by atoms with E-state index in [9.17, 15) is 4.79 Å². The highest BCUT2D eigenvalue weighted by molar-refractivity contribution is 5.98. The van der Waals surface area contributed by atoms with Crippen LogP contribution in [0, 0.1) is 0 Å². The molecular formula is C16H16N4O. The van der Waals surface area contributed by atoms with E-state index in [4.69, 9.17) is 5.53 Å². The molecule has 21 heavy (non-hydrogen) atoms. The van der Waals surface area contributed by atoms with Gasteiger partial charge in [0.05, 0.1) is 0 Å². The second-order valence-corrected chi connectivity index (χ2v) is 5.29. The number of rotatable bonds is 2. The zero-order valence-corrected chi connectivity index (χ0v) is 11.6. The number of nitrogens with zero attached hydrogens (tertiary/aromatic N) is 4. The smallest absolute Gasteiger partial charge is 0.253 e. The molecule has 0 aliphatic carbocycles. The molecule has 1 amide bonds. The predicted octanol–water partition coefficient (Wildman–Crippen LogP) is 3.75.